The van der Waals surface area contributed by atoms with Crippen molar-refractivity contribution in [3.8, 4) is 0 Å². The average molecular weight is 274 g/mol. The van der Waals surface area contributed by atoms with Crippen LogP contribution in [0, 0.1) is 0 Å². The van der Waals surface area contributed by atoms with Crippen molar-refractivity contribution in [1.29, 1.82) is 0 Å². The second-order valence-electron chi connectivity index (χ2n) is 2.28. The van der Waals surface area contributed by atoms with Crippen molar-refractivity contribution in [1.82, 2.24) is 4.31 Å². The Kier molecular flexibility index (Phi) is 5.50. The quantitative estimate of drug-likeness (QED) is 0.529. The van der Waals surface area contributed by atoms with Gasteiger partial charge in [-0.2, -0.15) is 4.31 Å². The number of ether oxygens (including phenoxy) is 1. The van der Waals surface area contributed by atoms with Gasteiger partial charge in [-0.3, -0.25) is 4.79 Å². The average Bonchev–Trinajstić information content (AvgIpc) is 2.04. The van der Waals surface area contributed by atoms with Gasteiger partial charge < -0.3 is 4.74 Å². The maximum absolute atomic E-state index is 11.1. The van der Waals surface area contributed by atoms with E-state index in [1.807, 2.05) is 0 Å². The third kappa shape index (κ3) is 4.58. The Labute approximate surface area is 86.2 Å². The van der Waals surface area contributed by atoms with Gasteiger partial charge in [0.25, 0.3) is 0 Å². The Bertz CT molecular complexity index is 264. The molecule has 0 aliphatic rings. The number of halogens is 1. The number of hydrogen-bond acceptors (Lipinski definition) is 4. The molecule has 0 saturated carbocycles. The normalized spacial score (nSPS) is 11.7. The van der Waals surface area contributed by atoms with Crippen molar-refractivity contribution in [3.63, 3.8) is 0 Å². The van der Waals surface area contributed by atoms with E-state index >= 15 is 0 Å². The number of rotatable bonds is 5. The van der Waals surface area contributed by atoms with E-state index in [1.165, 1.54) is 7.05 Å². The fourth-order valence-corrected chi connectivity index (χ4v) is 2.09. The summed E-state index contributed by atoms with van der Waals surface area (Å²) in [6.45, 7) is 1.67. The zero-order valence-corrected chi connectivity index (χ0v) is 9.89. The third-order valence-electron chi connectivity index (χ3n) is 1.27. The summed E-state index contributed by atoms with van der Waals surface area (Å²) in [5.41, 5.74) is 0. The first-order valence-electron chi connectivity index (χ1n) is 3.59. The molecule has 0 heterocycles. The Morgan fingerprint density at radius 3 is 2.46 bits per heavy atom. The van der Waals surface area contributed by atoms with E-state index in [0.29, 0.717) is 0 Å². The number of hydrogen-bond donors (Lipinski definition) is 0. The molecule has 0 aromatic heterocycles. The minimum atomic E-state index is -3.36. The van der Waals surface area contributed by atoms with Crippen molar-refractivity contribution in [2.45, 2.75) is 6.92 Å². The lowest BCUT2D eigenvalue weighted by molar-refractivity contribution is -0.143. The van der Waals surface area contributed by atoms with Crippen molar-refractivity contribution >= 4 is 31.9 Å². The number of esters is 1. The topological polar surface area (TPSA) is 63.7 Å². The lowest BCUT2D eigenvalue weighted by atomic mass is 10.6. The number of nitrogens with zero attached hydrogens (tertiary/aromatic N) is 1. The van der Waals surface area contributed by atoms with Crippen molar-refractivity contribution in [3.05, 3.63) is 0 Å². The van der Waals surface area contributed by atoms with Gasteiger partial charge in [0.15, 0.2) is 0 Å². The maximum atomic E-state index is 11.1. The van der Waals surface area contributed by atoms with Crippen LogP contribution < -0.4 is 0 Å². The van der Waals surface area contributed by atoms with Crippen molar-refractivity contribution in [2.75, 3.05) is 24.9 Å². The number of carbonyl (C=O) groups is 1. The van der Waals surface area contributed by atoms with E-state index in [4.69, 9.17) is 0 Å². The Balaban J connectivity index is 4.16. The smallest absolute Gasteiger partial charge is 0.321 e. The van der Waals surface area contributed by atoms with E-state index in [2.05, 4.69) is 20.7 Å². The molecule has 5 nitrogen and oxygen atoms in total. The lowest BCUT2D eigenvalue weighted by Gasteiger charge is -2.13. The Hall–Kier alpha value is -0.140. The minimum Gasteiger partial charge on any atom is -0.465 e. The largest absolute Gasteiger partial charge is 0.465 e. The molecule has 0 radical (unpaired) electrons. The van der Waals surface area contributed by atoms with Gasteiger partial charge in [0.2, 0.25) is 10.0 Å². The number of likely N-dealkylation sites (N-methyl/N-ethyl adjacent to an activating group) is 1. The van der Waals surface area contributed by atoms with Gasteiger partial charge in [0.1, 0.15) is 11.2 Å². The molecular weight excluding hydrogens is 262 g/mol. The van der Waals surface area contributed by atoms with E-state index in [9.17, 15) is 13.2 Å². The summed E-state index contributed by atoms with van der Waals surface area (Å²) in [6, 6.07) is 0. The van der Waals surface area contributed by atoms with Crippen LogP contribution in [0.2, 0.25) is 0 Å². The second-order valence-corrected chi connectivity index (χ2v) is 5.66. The second kappa shape index (κ2) is 5.56. The maximum Gasteiger partial charge on any atom is 0.321 e. The van der Waals surface area contributed by atoms with Gasteiger partial charge >= 0.3 is 5.97 Å². The van der Waals surface area contributed by atoms with Crippen LogP contribution in [0.4, 0.5) is 0 Å². The summed E-state index contributed by atoms with van der Waals surface area (Å²) < 4.78 is 27.6. The van der Waals surface area contributed by atoms with Crippen LogP contribution in [-0.2, 0) is 19.6 Å². The number of carbonyl (C=O) groups excluding carboxylic acids is 1. The highest BCUT2D eigenvalue weighted by atomic mass is 79.9. The van der Waals surface area contributed by atoms with Gasteiger partial charge in [-0.15, -0.1) is 0 Å². The standard InChI is InChI=1S/C6H12BrNO4S/c1-3-12-6(9)4-8(2)13(10,11)5-7/h3-5H2,1-2H3. The highest BCUT2D eigenvalue weighted by molar-refractivity contribution is 9.10. The first kappa shape index (κ1) is 12.9. The van der Waals surface area contributed by atoms with Crippen LogP contribution in [0.25, 0.3) is 0 Å². The Morgan fingerprint density at radius 1 is 1.54 bits per heavy atom. The molecule has 0 aromatic rings. The van der Waals surface area contributed by atoms with Gasteiger partial charge in [0.05, 0.1) is 6.61 Å². The van der Waals surface area contributed by atoms with Gasteiger partial charge in [-0.05, 0) is 6.92 Å². The van der Waals surface area contributed by atoms with E-state index < -0.39 is 16.0 Å². The fraction of sp³-hybridized carbons (Fsp3) is 0.833. The summed E-state index contributed by atoms with van der Waals surface area (Å²) in [7, 11) is -2.04. The number of sulfonamides is 1. The fourth-order valence-electron chi connectivity index (χ4n) is 0.570. The third-order valence-corrected chi connectivity index (χ3v) is 4.36. The first-order chi connectivity index (χ1) is 5.94. The van der Waals surface area contributed by atoms with Crippen LogP contribution in [0.5, 0.6) is 0 Å². The first-order valence-corrected chi connectivity index (χ1v) is 6.32. The summed E-state index contributed by atoms with van der Waals surface area (Å²) >= 11 is 2.82. The molecular formula is C6H12BrNO4S. The van der Waals surface area contributed by atoms with E-state index in [1.54, 1.807) is 6.92 Å². The molecule has 78 valence electrons. The molecule has 0 aliphatic heterocycles. The minimum absolute atomic E-state index is 0.199. The molecule has 0 unspecified atom stereocenters. The molecule has 0 aliphatic carbocycles. The molecule has 0 aromatic carbocycles. The highest BCUT2D eigenvalue weighted by Gasteiger charge is 2.19. The molecule has 13 heavy (non-hydrogen) atoms. The molecule has 0 bridgehead atoms. The zero-order chi connectivity index (χ0) is 10.5. The predicted molar refractivity (Wildman–Crippen MR) is 52.0 cm³/mol. The van der Waals surface area contributed by atoms with E-state index in [0.717, 1.165) is 4.31 Å². The van der Waals surface area contributed by atoms with E-state index in [-0.39, 0.29) is 17.8 Å². The molecule has 0 saturated heterocycles. The van der Waals surface area contributed by atoms with Crippen LogP contribution in [0.3, 0.4) is 0 Å². The van der Waals surface area contributed by atoms with Gasteiger partial charge in [-0.1, -0.05) is 15.9 Å². The molecule has 0 N–H and O–H groups in total. The molecule has 0 atom stereocenters. The number of alkyl halides is 1. The Morgan fingerprint density at radius 2 is 2.08 bits per heavy atom. The van der Waals surface area contributed by atoms with Crippen LogP contribution >= 0.6 is 15.9 Å². The van der Waals surface area contributed by atoms with Crippen LogP contribution in [0.15, 0.2) is 0 Å². The summed E-state index contributed by atoms with van der Waals surface area (Å²) in [6.07, 6.45) is 0. The van der Waals surface area contributed by atoms with Crippen LogP contribution in [-0.4, -0.2) is 43.6 Å². The summed E-state index contributed by atoms with van der Waals surface area (Å²) in [4.78, 5) is 10.9. The monoisotopic (exact) mass is 273 g/mol. The van der Waals surface area contributed by atoms with Crippen LogP contribution in [0.1, 0.15) is 6.92 Å². The summed E-state index contributed by atoms with van der Waals surface area (Å²) in [5, 5.41) is 0. The SMILES string of the molecule is CCOC(=O)CN(C)S(=O)(=O)CBr. The molecule has 0 rings (SSSR count). The van der Waals surface area contributed by atoms with Gasteiger partial charge in [0, 0.05) is 7.05 Å². The van der Waals surface area contributed by atoms with Crippen molar-refractivity contribution in [2.24, 2.45) is 0 Å². The molecule has 0 amide bonds. The highest BCUT2D eigenvalue weighted by Crippen LogP contribution is 2.01. The lowest BCUT2D eigenvalue weighted by Crippen LogP contribution is -2.33. The zero-order valence-electron chi connectivity index (χ0n) is 7.49. The van der Waals surface area contributed by atoms with Crippen molar-refractivity contribution < 1.29 is 17.9 Å². The summed E-state index contributed by atoms with van der Waals surface area (Å²) in [5.74, 6) is -0.547. The van der Waals surface area contributed by atoms with Gasteiger partial charge in [-0.25, -0.2) is 8.42 Å². The molecule has 0 spiro atoms. The predicted octanol–water partition coefficient (Wildman–Crippen LogP) is 0.164. The molecule has 7 heteroatoms. The molecule has 0 fully saturated rings.